The summed E-state index contributed by atoms with van der Waals surface area (Å²) in [5, 5.41) is 4.19. The first kappa shape index (κ1) is 18.9. The summed E-state index contributed by atoms with van der Waals surface area (Å²) in [4.78, 5) is 13.2. The van der Waals surface area contributed by atoms with E-state index in [0.717, 1.165) is 34.5 Å². The predicted molar refractivity (Wildman–Crippen MR) is 112 cm³/mol. The van der Waals surface area contributed by atoms with E-state index >= 15 is 0 Å². The molecule has 146 valence electrons. The molecule has 0 spiro atoms. The standard InChI is InChI=1S/C23H24ClNO3/c1-23(2)11-17-21(18(26)12-23)20(13-5-7-14(24)8-6-13)22-16(25-17)9-15(27-3)10-19(22)28-4/h5-10,20,25H,11-12H2,1-4H3/t20-/m1/s1. The number of carbonyl (C=O) groups excluding carboxylic acids is 1. The molecule has 1 N–H and O–H groups in total. The maximum Gasteiger partial charge on any atom is 0.162 e. The number of methoxy groups -OCH3 is 2. The molecular formula is C23H24ClNO3. The van der Waals surface area contributed by atoms with Crippen LogP contribution in [-0.4, -0.2) is 20.0 Å². The minimum atomic E-state index is -0.201. The second-order valence-corrected chi connectivity index (χ2v) is 8.67. The van der Waals surface area contributed by atoms with Crippen LogP contribution >= 0.6 is 11.6 Å². The van der Waals surface area contributed by atoms with E-state index in [4.69, 9.17) is 21.1 Å². The van der Waals surface area contributed by atoms with Gasteiger partial charge in [0.2, 0.25) is 0 Å². The maximum absolute atomic E-state index is 13.2. The Kier molecular flexibility index (Phi) is 4.62. The first-order valence-electron chi connectivity index (χ1n) is 9.37. The largest absolute Gasteiger partial charge is 0.497 e. The number of ketones is 1. The Hall–Kier alpha value is -2.46. The first-order valence-corrected chi connectivity index (χ1v) is 9.75. The van der Waals surface area contributed by atoms with Crippen molar-refractivity contribution in [1.82, 2.24) is 0 Å². The quantitative estimate of drug-likeness (QED) is 0.736. The average Bonchev–Trinajstić information content (AvgIpc) is 2.65. The normalized spacial score (nSPS) is 20.2. The molecule has 2 aliphatic rings. The molecule has 0 saturated heterocycles. The number of anilines is 1. The zero-order valence-corrected chi connectivity index (χ0v) is 17.3. The van der Waals surface area contributed by atoms with E-state index in [1.807, 2.05) is 36.4 Å². The van der Waals surface area contributed by atoms with E-state index < -0.39 is 0 Å². The Morgan fingerprint density at radius 3 is 2.43 bits per heavy atom. The molecule has 1 aliphatic heterocycles. The molecule has 0 fully saturated rings. The molecule has 1 atom stereocenters. The van der Waals surface area contributed by atoms with Gasteiger partial charge in [0.15, 0.2) is 5.78 Å². The zero-order valence-electron chi connectivity index (χ0n) is 16.6. The van der Waals surface area contributed by atoms with Crippen LogP contribution < -0.4 is 14.8 Å². The Bertz CT molecular complexity index is 976. The highest BCUT2D eigenvalue weighted by molar-refractivity contribution is 6.30. The van der Waals surface area contributed by atoms with Crippen molar-refractivity contribution in [2.24, 2.45) is 5.41 Å². The lowest BCUT2D eigenvalue weighted by Crippen LogP contribution is -2.34. The number of ether oxygens (including phenoxy) is 2. The van der Waals surface area contributed by atoms with E-state index in [1.54, 1.807) is 14.2 Å². The number of rotatable bonds is 3. The lowest BCUT2D eigenvalue weighted by molar-refractivity contribution is -0.118. The van der Waals surface area contributed by atoms with E-state index in [1.165, 1.54) is 0 Å². The highest BCUT2D eigenvalue weighted by atomic mass is 35.5. The number of benzene rings is 2. The number of fused-ring (bicyclic) bond motifs is 1. The van der Waals surface area contributed by atoms with Crippen molar-refractivity contribution in [3.63, 3.8) is 0 Å². The fraction of sp³-hybridized carbons (Fsp3) is 0.348. The van der Waals surface area contributed by atoms with Crippen LogP contribution in [-0.2, 0) is 4.79 Å². The molecule has 0 aromatic heterocycles. The monoisotopic (exact) mass is 397 g/mol. The molecule has 4 nitrogen and oxygen atoms in total. The third-order valence-electron chi connectivity index (χ3n) is 5.56. The molecule has 0 unspecified atom stereocenters. The van der Waals surface area contributed by atoms with Crippen LogP contribution in [0.1, 0.15) is 43.7 Å². The SMILES string of the molecule is COc1cc2c(c(OC)c1)[C@H](c1ccc(Cl)cc1)C1=C(CC(C)(C)CC1=O)N2. The number of Topliss-reactive ketones (excluding diaryl/α,β-unsaturated/α-hetero) is 1. The molecule has 2 aromatic carbocycles. The predicted octanol–water partition coefficient (Wildman–Crippen LogP) is 5.56. The summed E-state index contributed by atoms with van der Waals surface area (Å²) in [6, 6.07) is 11.5. The van der Waals surface area contributed by atoms with Gasteiger partial charge in [-0.2, -0.15) is 0 Å². The Labute approximate surface area is 170 Å². The second kappa shape index (κ2) is 6.85. The van der Waals surface area contributed by atoms with Crippen molar-refractivity contribution in [2.45, 2.75) is 32.6 Å². The van der Waals surface area contributed by atoms with Crippen molar-refractivity contribution in [1.29, 1.82) is 0 Å². The van der Waals surface area contributed by atoms with Crippen molar-refractivity contribution in [3.8, 4) is 11.5 Å². The van der Waals surface area contributed by atoms with Crippen LogP contribution in [0, 0.1) is 5.41 Å². The highest BCUT2D eigenvalue weighted by Gasteiger charge is 2.42. The van der Waals surface area contributed by atoms with Gasteiger partial charge in [0.05, 0.1) is 14.2 Å². The summed E-state index contributed by atoms with van der Waals surface area (Å²) >= 11 is 6.12. The van der Waals surface area contributed by atoms with Gasteiger partial charge in [-0.25, -0.2) is 0 Å². The first-order chi connectivity index (χ1) is 13.3. The summed E-state index contributed by atoms with van der Waals surface area (Å²) < 4.78 is 11.2. The number of carbonyl (C=O) groups is 1. The molecule has 2 aromatic rings. The third kappa shape index (κ3) is 3.16. The number of hydrogen-bond donors (Lipinski definition) is 1. The summed E-state index contributed by atoms with van der Waals surface area (Å²) in [6.45, 7) is 4.27. The van der Waals surface area contributed by atoms with Gasteiger partial charge >= 0.3 is 0 Å². The van der Waals surface area contributed by atoms with Crippen LogP contribution in [0.25, 0.3) is 0 Å². The molecule has 28 heavy (non-hydrogen) atoms. The molecule has 1 aliphatic carbocycles. The number of halogens is 1. The van der Waals surface area contributed by atoms with E-state index in [-0.39, 0.29) is 17.1 Å². The van der Waals surface area contributed by atoms with Crippen molar-refractivity contribution in [3.05, 3.63) is 63.8 Å². The molecular weight excluding hydrogens is 374 g/mol. The summed E-state index contributed by atoms with van der Waals surface area (Å²) in [5.41, 5.74) is 4.64. The van der Waals surface area contributed by atoms with Gasteiger partial charge in [-0.3, -0.25) is 4.79 Å². The molecule has 1 heterocycles. The topological polar surface area (TPSA) is 47.6 Å². The van der Waals surface area contributed by atoms with Crippen LogP contribution in [0.5, 0.6) is 11.5 Å². The van der Waals surface area contributed by atoms with Crippen molar-refractivity contribution >= 4 is 23.1 Å². The van der Waals surface area contributed by atoms with Crippen LogP contribution in [0.15, 0.2) is 47.7 Å². The van der Waals surface area contributed by atoms with Crippen LogP contribution in [0.3, 0.4) is 0 Å². The van der Waals surface area contributed by atoms with E-state index in [0.29, 0.717) is 22.9 Å². The minimum Gasteiger partial charge on any atom is -0.497 e. The highest BCUT2D eigenvalue weighted by Crippen LogP contribution is 2.52. The van der Waals surface area contributed by atoms with Crippen LogP contribution in [0.4, 0.5) is 5.69 Å². The second-order valence-electron chi connectivity index (χ2n) is 8.23. The Morgan fingerprint density at radius 1 is 1.07 bits per heavy atom. The zero-order chi connectivity index (χ0) is 20.1. The fourth-order valence-electron chi connectivity index (χ4n) is 4.37. The van der Waals surface area contributed by atoms with Gasteiger partial charge in [-0.15, -0.1) is 0 Å². The number of hydrogen-bond acceptors (Lipinski definition) is 4. The van der Waals surface area contributed by atoms with E-state index in [2.05, 4.69) is 19.2 Å². The Morgan fingerprint density at radius 2 is 1.79 bits per heavy atom. The number of nitrogens with one attached hydrogen (secondary N) is 1. The van der Waals surface area contributed by atoms with Gasteiger partial charge in [0.25, 0.3) is 0 Å². The van der Waals surface area contributed by atoms with Crippen molar-refractivity contribution < 1.29 is 14.3 Å². The summed E-state index contributed by atoms with van der Waals surface area (Å²) in [7, 11) is 3.28. The summed E-state index contributed by atoms with van der Waals surface area (Å²) in [5.74, 6) is 1.39. The average molecular weight is 398 g/mol. The Balaban J connectivity index is 1.98. The molecule has 5 heteroatoms. The molecule has 0 amide bonds. The van der Waals surface area contributed by atoms with Gasteiger partial charge in [0.1, 0.15) is 11.5 Å². The minimum absolute atomic E-state index is 0.0755. The lowest BCUT2D eigenvalue weighted by atomic mass is 9.68. The van der Waals surface area contributed by atoms with E-state index in [9.17, 15) is 4.79 Å². The van der Waals surface area contributed by atoms with Gasteiger partial charge < -0.3 is 14.8 Å². The van der Waals surface area contributed by atoms with Crippen LogP contribution in [0.2, 0.25) is 5.02 Å². The number of allylic oxidation sites excluding steroid dienone is 2. The molecule has 4 rings (SSSR count). The molecule has 0 radical (unpaired) electrons. The third-order valence-corrected chi connectivity index (χ3v) is 5.81. The summed E-state index contributed by atoms with van der Waals surface area (Å²) in [6.07, 6.45) is 1.35. The van der Waals surface area contributed by atoms with Gasteiger partial charge in [-0.1, -0.05) is 37.6 Å². The smallest absolute Gasteiger partial charge is 0.162 e. The van der Waals surface area contributed by atoms with Crippen molar-refractivity contribution in [2.75, 3.05) is 19.5 Å². The van der Waals surface area contributed by atoms with Gasteiger partial charge in [0, 0.05) is 52.0 Å². The fourth-order valence-corrected chi connectivity index (χ4v) is 4.49. The molecule has 0 saturated carbocycles. The maximum atomic E-state index is 13.2. The molecule has 0 bridgehead atoms. The van der Waals surface area contributed by atoms with Gasteiger partial charge in [-0.05, 0) is 29.5 Å². The lowest BCUT2D eigenvalue weighted by Gasteiger charge is -2.40.